The minimum atomic E-state index is -2.22. The Hall–Kier alpha value is -1.06. The second-order valence-corrected chi connectivity index (χ2v) is 4.16. The Bertz CT molecular complexity index is 434. The van der Waals surface area contributed by atoms with Crippen LogP contribution < -0.4 is 0 Å². The van der Waals surface area contributed by atoms with Crippen molar-refractivity contribution in [3.8, 4) is 0 Å². The molecule has 0 atom stereocenters. The first kappa shape index (κ1) is 13.9. The van der Waals surface area contributed by atoms with Gasteiger partial charge in [-0.05, 0) is 37.8 Å². The van der Waals surface area contributed by atoms with Crippen LogP contribution in [0.5, 0.6) is 0 Å². The van der Waals surface area contributed by atoms with E-state index in [0.717, 1.165) is 19.3 Å². The van der Waals surface area contributed by atoms with Crippen LogP contribution in [0, 0.1) is 0 Å². The zero-order valence-electron chi connectivity index (χ0n) is 8.14. The zero-order valence-corrected chi connectivity index (χ0v) is 9.77. The Morgan fingerprint density at radius 3 is 1.47 bits per heavy atom. The molecule has 0 rings (SSSR count). The molecule has 0 aromatic heterocycles. The second-order valence-electron chi connectivity index (χ2n) is 2.75. The van der Waals surface area contributed by atoms with Crippen molar-refractivity contribution in [2.75, 3.05) is 0 Å². The zero-order chi connectivity index (χ0) is 11.5. The van der Waals surface area contributed by atoms with Crippen LogP contribution in [-0.4, -0.2) is 26.9 Å². The van der Waals surface area contributed by atoms with Crippen molar-refractivity contribution in [3.05, 3.63) is 12.2 Å². The predicted octanol–water partition coefficient (Wildman–Crippen LogP) is 0.610. The Balaban J connectivity index is 3.58. The van der Waals surface area contributed by atoms with Gasteiger partial charge in [0.2, 0.25) is 0 Å². The Kier molecular flexibility index (Phi) is 8.82. The molecule has 0 fully saturated rings. The van der Waals surface area contributed by atoms with Crippen molar-refractivity contribution in [1.82, 2.24) is 0 Å². The van der Waals surface area contributed by atoms with Crippen molar-refractivity contribution in [2.45, 2.75) is 32.1 Å². The quantitative estimate of drug-likeness (QED) is 0.510. The number of hydrogen-bond acceptors (Lipinski definition) is 4. The van der Waals surface area contributed by atoms with E-state index < -0.39 is 20.6 Å². The van der Waals surface area contributed by atoms with Crippen molar-refractivity contribution in [2.24, 2.45) is 0 Å². The molecule has 0 saturated heterocycles. The van der Waals surface area contributed by atoms with Crippen LogP contribution in [0.4, 0.5) is 0 Å². The van der Waals surface area contributed by atoms with E-state index in [-0.39, 0.29) is 0 Å². The first-order chi connectivity index (χ1) is 7.13. The van der Waals surface area contributed by atoms with E-state index in [9.17, 15) is 16.8 Å². The van der Waals surface area contributed by atoms with Gasteiger partial charge in [0.1, 0.15) is 0 Å². The molecule has 0 aliphatic heterocycles. The summed E-state index contributed by atoms with van der Waals surface area (Å²) in [7, 11) is -4.44. The monoisotopic (exact) mass is 248 g/mol. The molecule has 84 valence electrons. The fourth-order valence-electron chi connectivity index (χ4n) is 0.924. The van der Waals surface area contributed by atoms with Crippen LogP contribution in [-0.2, 0) is 20.6 Å². The molecule has 0 bridgehead atoms. The highest BCUT2D eigenvalue weighted by atomic mass is 32.2. The summed E-state index contributed by atoms with van der Waals surface area (Å²) < 4.78 is 40.1. The highest BCUT2D eigenvalue weighted by Crippen LogP contribution is 2.02. The van der Waals surface area contributed by atoms with E-state index in [1.807, 2.05) is 0 Å². The summed E-state index contributed by atoms with van der Waals surface area (Å²) in [6, 6.07) is 0. The van der Waals surface area contributed by atoms with Crippen LogP contribution in [0.2, 0.25) is 0 Å². The lowest BCUT2D eigenvalue weighted by Gasteiger charge is -1.92. The molecule has 0 saturated carbocycles. The lowest BCUT2D eigenvalue weighted by molar-refractivity contribution is 0.626. The molecule has 0 aliphatic rings. The third-order valence-electron chi connectivity index (χ3n) is 1.56. The van der Waals surface area contributed by atoms with Crippen molar-refractivity contribution in [1.29, 1.82) is 0 Å². The van der Waals surface area contributed by atoms with Gasteiger partial charge in [0.05, 0.1) is 0 Å². The van der Waals surface area contributed by atoms with Gasteiger partial charge < -0.3 is 0 Å². The van der Waals surface area contributed by atoms with Crippen LogP contribution >= 0.6 is 0 Å². The Morgan fingerprint density at radius 1 is 0.733 bits per heavy atom. The number of hydrogen-bond donors (Lipinski definition) is 0. The summed E-state index contributed by atoms with van der Waals surface area (Å²) in [5.41, 5.74) is 0. The predicted molar refractivity (Wildman–Crippen MR) is 60.1 cm³/mol. The first-order valence-corrected chi connectivity index (χ1v) is 6.62. The average molecular weight is 248 g/mol. The van der Waals surface area contributed by atoms with Crippen LogP contribution in [0.25, 0.3) is 0 Å². The van der Waals surface area contributed by atoms with Gasteiger partial charge in [-0.1, -0.05) is 6.42 Å². The molecule has 15 heavy (non-hydrogen) atoms. The fraction of sp³-hybridized carbons (Fsp3) is 0.556. The van der Waals surface area contributed by atoms with Gasteiger partial charge in [-0.2, -0.15) is 16.8 Å². The van der Waals surface area contributed by atoms with Crippen LogP contribution in [0.15, 0.2) is 12.2 Å². The Labute approximate surface area is 92.0 Å². The van der Waals surface area contributed by atoms with Gasteiger partial charge in [0.15, 0.2) is 0 Å². The van der Waals surface area contributed by atoms with Gasteiger partial charge in [-0.25, -0.2) is 0 Å². The molecular weight excluding hydrogens is 236 g/mol. The SMILES string of the molecule is O=S(=O)=C=CCCCCCC=C=S(=O)=O. The molecule has 4 nitrogen and oxygen atoms in total. The molecule has 0 aromatic carbocycles. The maximum Gasteiger partial charge on any atom is 0.259 e. The number of unbranched alkanes of at least 4 members (excludes halogenated alkanes) is 4. The fourth-order valence-corrected chi connectivity index (χ4v) is 1.43. The van der Waals surface area contributed by atoms with Crippen molar-refractivity contribution in [3.63, 3.8) is 0 Å². The third-order valence-corrected chi connectivity index (χ3v) is 2.27. The van der Waals surface area contributed by atoms with Gasteiger partial charge in [0.25, 0.3) is 20.6 Å². The Morgan fingerprint density at radius 2 is 1.13 bits per heavy atom. The van der Waals surface area contributed by atoms with E-state index in [0.29, 0.717) is 12.8 Å². The molecule has 0 spiro atoms. The summed E-state index contributed by atoms with van der Waals surface area (Å²) in [5.74, 6) is 0. The normalized spacial score (nSPS) is 8.53. The van der Waals surface area contributed by atoms with Crippen molar-refractivity contribution < 1.29 is 16.8 Å². The first-order valence-electron chi connectivity index (χ1n) is 4.47. The van der Waals surface area contributed by atoms with E-state index in [1.165, 1.54) is 12.2 Å². The summed E-state index contributed by atoms with van der Waals surface area (Å²) in [6.45, 7) is 0. The maximum atomic E-state index is 10.0. The molecular formula is C9H12O4S2. The standard InChI is InChI=1S/C9H12O4S2/c10-14(11)8-6-4-2-1-3-5-7-9-15(12)13/h6-7H,1-5H2. The van der Waals surface area contributed by atoms with E-state index in [2.05, 4.69) is 10.0 Å². The number of allylic oxidation sites excluding steroid dienone is 2. The lowest BCUT2D eigenvalue weighted by Crippen LogP contribution is -1.75. The van der Waals surface area contributed by atoms with Gasteiger partial charge in [-0.15, -0.1) is 0 Å². The molecule has 0 unspecified atom stereocenters. The number of rotatable bonds is 6. The molecule has 0 heterocycles. The summed E-state index contributed by atoms with van der Waals surface area (Å²) in [5, 5.41) is 4.30. The average Bonchev–Trinajstić information content (AvgIpc) is 2.14. The summed E-state index contributed by atoms with van der Waals surface area (Å²) in [6.07, 6.45) is 6.99. The smallest absolute Gasteiger partial charge is 0.176 e. The lowest BCUT2D eigenvalue weighted by atomic mass is 10.1. The third kappa shape index (κ3) is 12.9. The molecule has 0 aliphatic carbocycles. The van der Waals surface area contributed by atoms with Gasteiger partial charge in [-0.3, -0.25) is 0 Å². The molecule has 6 heteroatoms. The highest BCUT2D eigenvalue weighted by molar-refractivity contribution is 7.71. The van der Waals surface area contributed by atoms with Crippen LogP contribution in [0.3, 0.4) is 0 Å². The molecule has 0 N–H and O–H groups in total. The van der Waals surface area contributed by atoms with Crippen molar-refractivity contribution >= 4 is 30.6 Å². The second kappa shape index (κ2) is 9.49. The molecule has 0 aromatic rings. The maximum absolute atomic E-state index is 10.0. The molecule has 0 radical (unpaired) electrons. The minimum absolute atomic E-state index is 0.675. The molecule has 0 amide bonds. The van der Waals surface area contributed by atoms with E-state index in [1.54, 1.807) is 0 Å². The minimum Gasteiger partial charge on any atom is -0.176 e. The van der Waals surface area contributed by atoms with Crippen LogP contribution in [0.1, 0.15) is 32.1 Å². The topological polar surface area (TPSA) is 68.3 Å². The van der Waals surface area contributed by atoms with Gasteiger partial charge in [0, 0.05) is 10.0 Å². The largest absolute Gasteiger partial charge is 0.259 e. The highest BCUT2D eigenvalue weighted by Gasteiger charge is 1.85. The van der Waals surface area contributed by atoms with Gasteiger partial charge >= 0.3 is 0 Å². The summed E-state index contributed by atoms with van der Waals surface area (Å²) in [4.78, 5) is 0. The summed E-state index contributed by atoms with van der Waals surface area (Å²) >= 11 is 0. The van der Waals surface area contributed by atoms with E-state index >= 15 is 0 Å². The van der Waals surface area contributed by atoms with E-state index in [4.69, 9.17) is 0 Å².